The van der Waals surface area contributed by atoms with Crippen molar-refractivity contribution in [2.75, 3.05) is 0 Å². The molecule has 5 heteroatoms. The van der Waals surface area contributed by atoms with Crippen LogP contribution >= 0.6 is 7.60 Å². The van der Waals surface area contributed by atoms with E-state index in [1.54, 1.807) is 44.2 Å². The summed E-state index contributed by atoms with van der Waals surface area (Å²) in [7, 11) is -4.01. The third kappa shape index (κ3) is 3.43. The van der Waals surface area contributed by atoms with Crippen LogP contribution in [0.15, 0.2) is 30.3 Å². The summed E-state index contributed by atoms with van der Waals surface area (Å²) in [5.74, 6) is -1.49. The highest BCUT2D eigenvalue weighted by Crippen LogP contribution is 2.55. The predicted molar refractivity (Wildman–Crippen MR) is 57.4 cm³/mol. The van der Waals surface area contributed by atoms with Crippen molar-refractivity contribution in [3.05, 3.63) is 35.9 Å². The molecule has 0 heterocycles. The second-order valence-electron chi connectivity index (χ2n) is 3.50. The van der Waals surface area contributed by atoms with E-state index < -0.39 is 19.5 Å². The Morgan fingerprint density at radius 1 is 1.27 bits per heavy atom. The first kappa shape index (κ1) is 12.4. The van der Waals surface area contributed by atoms with Gasteiger partial charge in [-0.3, -0.25) is 4.57 Å². The average Bonchev–Trinajstić information content (AvgIpc) is 2.16. The summed E-state index contributed by atoms with van der Waals surface area (Å²) in [4.78, 5) is 9.49. The van der Waals surface area contributed by atoms with E-state index in [-0.39, 0.29) is 0 Å². The Kier molecular flexibility index (Phi) is 4.05. The Balaban J connectivity index is 2.85. The van der Waals surface area contributed by atoms with Crippen LogP contribution in [0.3, 0.4) is 0 Å². The first-order valence-corrected chi connectivity index (χ1v) is 6.32. The monoisotopic (exact) mass is 230 g/mol. The van der Waals surface area contributed by atoms with Gasteiger partial charge in [0.2, 0.25) is 0 Å². The number of aliphatic hydroxyl groups excluding tert-OH is 1. The van der Waals surface area contributed by atoms with Crippen molar-refractivity contribution in [1.29, 1.82) is 0 Å². The molecule has 0 amide bonds. The summed E-state index contributed by atoms with van der Waals surface area (Å²) in [6.07, 6.45) is -0.404. The fourth-order valence-corrected chi connectivity index (χ4v) is 2.44. The zero-order valence-corrected chi connectivity index (χ0v) is 9.59. The summed E-state index contributed by atoms with van der Waals surface area (Å²) in [6, 6.07) is 8.30. The molecule has 0 aliphatic carbocycles. The molecular formula is C10H15O4P. The maximum absolute atomic E-state index is 11.6. The topological polar surface area (TPSA) is 66.8 Å². The maximum atomic E-state index is 11.6. The predicted octanol–water partition coefficient (Wildman–Crippen LogP) is 2.29. The quantitative estimate of drug-likeness (QED) is 0.779. The van der Waals surface area contributed by atoms with Crippen LogP contribution in [-0.2, 0) is 9.09 Å². The lowest BCUT2D eigenvalue weighted by atomic mass is 10.2. The van der Waals surface area contributed by atoms with Crippen LogP contribution in [0.4, 0.5) is 0 Å². The van der Waals surface area contributed by atoms with E-state index in [4.69, 9.17) is 4.52 Å². The van der Waals surface area contributed by atoms with E-state index >= 15 is 0 Å². The van der Waals surface area contributed by atoms with E-state index in [1.165, 1.54) is 0 Å². The molecule has 0 aliphatic heterocycles. The molecule has 0 spiro atoms. The Hall–Kier alpha value is -0.670. The molecule has 1 aromatic rings. The SMILES string of the molecule is CC(C)OP(=O)(O)C(O)c1ccccc1. The van der Waals surface area contributed by atoms with Gasteiger partial charge in [-0.15, -0.1) is 0 Å². The first-order chi connectivity index (χ1) is 6.93. The largest absolute Gasteiger partial charge is 0.376 e. The highest BCUT2D eigenvalue weighted by Gasteiger charge is 2.32. The van der Waals surface area contributed by atoms with E-state index in [9.17, 15) is 14.6 Å². The zero-order valence-electron chi connectivity index (χ0n) is 8.70. The molecule has 84 valence electrons. The number of rotatable bonds is 4. The van der Waals surface area contributed by atoms with Crippen LogP contribution in [0, 0.1) is 0 Å². The molecule has 0 bridgehead atoms. The molecular weight excluding hydrogens is 215 g/mol. The normalized spacial score (nSPS) is 17.4. The molecule has 0 saturated heterocycles. The number of benzene rings is 1. The fourth-order valence-electron chi connectivity index (χ4n) is 1.17. The van der Waals surface area contributed by atoms with Crippen molar-refractivity contribution in [2.24, 2.45) is 0 Å². The molecule has 0 aromatic heterocycles. The number of hydrogen-bond acceptors (Lipinski definition) is 3. The third-order valence-electron chi connectivity index (χ3n) is 1.77. The van der Waals surface area contributed by atoms with Crippen LogP contribution in [0.5, 0.6) is 0 Å². The van der Waals surface area contributed by atoms with Gasteiger partial charge < -0.3 is 14.5 Å². The van der Waals surface area contributed by atoms with Gasteiger partial charge >= 0.3 is 7.60 Å². The number of hydrogen-bond donors (Lipinski definition) is 2. The highest BCUT2D eigenvalue weighted by atomic mass is 31.2. The minimum absolute atomic E-state index is 0.379. The molecule has 15 heavy (non-hydrogen) atoms. The van der Waals surface area contributed by atoms with E-state index in [2.05, 4.69) is 0 Å². The molecule has 2 N–H and O–H groups in total. The van der Waals surface area contributed by atoms with Crippen LogP contribution < -0.4 is 0 Å². The minimum atomic E-state index is -4.01. The summed E-state index contributed by atoms with van der Waals surface area (Å²) in [5, 5.41) is 9.66. The summed E-state index contributed by atoms with van der Waals surface area (Å²) in [5.41, 5.74) is 0.379. The van der Waals surface area contributed by atoms with Crippen molar-refractivity contribution in [3.8, 4) is 0 Å². The smallest absolute Gasteiger partial charge is 0.361 e. The van der Waals surface area contributed by atoms with E-state index in [0.717, 1.165) is 0 Å². The molecule has 2 atom stereocenters. The van der Waals surface area contributed by atoms with Gasteiger partial charge in [-0.25, -0.2) is 0 Å². The first-order valence-electron chi connectivity index (χ1n) is 4.67. The average molecular weight is 230 g/mol. The van der Waals surface area contributed by atoms with Crippen molar-refractivity contribution >= 4 is 7.60 Å². The van der Waals surface area contributed by atoms with Gasteiger partial charge in [0.05, 0.1) is 6.10 Å². The molecule has 2 unspecified atom stereocenters. The van der Waals surface area contributed by atoms with Gasteiger partial charge in [0, 0.05) is 0 Å². The van der Waals surface area contributed by atoms with Gasteiger partial charge in [-0.05, 0) is 19.4 Å². The second kappa shape index (κ2) is 4.90. The van der Waals surface area contributed by atoms with Gasteiger partial charge in [0.1, 0.15) is 0 Å². The molecule has 1 aromatic carbocycles. The van der Waals surface area contributed by atoms with Crippen LogP contribution in [-0.4, -0.2) is 16.1 Å². The lowest BCUT2D eigenvalue weighted by Crippen LogP contribution is -2.07. The lowest BCUT2D eigenvalue weighted by molar-refractivity contribution is 0.147. The van der Waals surface area contributed by atoms with Gasteiger partial charge in [-0.2, -0.15) is 0 Å². The molecule has 0 aliphatic rings. The van der Waals surface area contributed by atoms with Gasteiger partial charge in [0.15, 0.2) is 5.85 Å². The Morgan fingerprint density at radius 3 is 2.27 bits per heavy atom. The van der Waals surface area contributed by atoms with Gasteiger partial charge in [0.25, 0.3) is 0 Å². The Bertz CT molecular complexity index is 350. The summed E-state index contributed by atoms with van der Waals surface area (Å²) < 4.78 is 16.4. The summed E-state index contributed by atoms with van der Waals surface area (Å²) in [6.45, 7) is 3.28. The Labute approximate surface area is 89.1 Å². The number of aliphatic hydroxyl groups is 1. The molecule has 1 rings (SSSR count). The highest BCUT2D eigenvalue weighted by molar-refractivity contribution is 7.53. The van der Waals surface area contributed by atoms with Gasteiger partial charge in [-0.1, -0.05) is 30.3 Å². The van der Waals surface area contributed by atoms with Crippen molar-refractivity contribution < 1.29 is 19.1 Å². The zero-order chi connectivity index (χ0) is 11.5. The van der Waals surface area contributed by atoms with Crippen molar-refractivity contribution in [3.63, 3.8) is 0 Å². The lowest BCUT2D eigenvalue weighted by Gasteiger charge is -2.20. The standard InChI is InChI=1S/C10H15O4P/c1-8(2)14-15(12,13)10(11)9-6-4-3-5-7-9/h3-8,10-11H,1-2H3,(H,12,13). The maximum Gasteiger partial charge on any atom is 0.361 e. The Morgan fingerprint density at radius 2 is 1.80 bits per heavy atom. The summed E-state index contributed by atoms with van der Waals surface area (Å²) >= 11 is 0. The molecule has 0 radical (unpaired) electrons. The third-order valence-corrected chi connectivity index (χ3v) is 3.41. The van der Waals surface area contributed by atoms with Crippen LogP contribution in [0.2, 0.25) is 0 Å². The molecule has 0 fully saturated rings. The van der Waals surface area contributed by atoms with Crippen molar-refractivity contribution in [2.45, 2.75) is 25.8 Å². The van der Waals surface area contributed by atoms with Crippen molar-refractivity contribution in [1.82, 2.24) is 0 Å². The fraction of sp³-hybridized carbons (Fsp3) is 0.400. The molecule has 4 nitrogen and oxygen atoms in total. The van der Waals surface area contributed by atoms with E-state index in [0.29, 0.717) is 5.56 Å². The molecule has 0 saturated carbocycles. The van der Waals surface area contributed by atoms with Crippen LogP contribution in [0.1, 0.15) is 25.3 Å². The second-order valence-corrected chi connectivity index (χ2v) is 5.33. The van der Waals surface area contributed by atoms with Crippen LogP contribution in [0.25, 0.3) is 0 Å². The van der Waals surface area contributed by atoms with E-state index in [1.807, 2.05) is 0 Å². The minimum Gasteiger partial charge on any atom is -0.376 e.